The second-order valence-corrected chi connectivity index (χ2v) is 12.2. The molecule has 0 aliphatic carbocycles. The van der Waals surface area contributed by atoms with E-state index >= 15 is 0 Å². The summed E-state index contributed by atoms with van der Waals surface area (Å²) in [5.41, 5.74) is 3.08. The monoisotopic (exact) mass is 715 g/mol. The second-order valence-electron chi connectivity index (χ2n) is 10.7. The summed E-state index contributed by atoms with van der Waals surface area (Å²) in [6.07, 6.45) is -0.344. The van der Waals surface area contributed by atoms with Gasteiger partial charge in [0.2, 0.25) is 5.91 Å². The maximum atomic E-state index is 13.6. The maximum Gasteiger partial charge on any atom is 0.237 e. The molecular formula is C28H35I2N3O3. The summed E-state index contributed by atoms with van der Waals surface area (Å²) in [6, 6.07) is 18.1. The summed E-state index contributed by atoms with van der Waals surface area (Å²) in [6.45, 7) is 5.95. The van der Waals surface area contributed by atoms with Crippen LogP contribution in [0.1, 0.15) is 55.4 Å². The van der Waals surface area contributed by atoms with Crippen LogP contribution >= 0.6 is 45.2 Å². The van der Waals surface area contributed by atoms with E-state index in [1.165, 1.54) is 5.56 Å². The van der Waals surface area contributed by atoms with E-state index in [9.17, 15) is 20.3 Å². The van der Waals surface area contributed by atoms with E-state index in [2.05, 4.69) is 107 Å². The first kappa shape index (κ1) is 29.3. The maximum absolute atomic E-state index is 13.6. The number of nitrogens with zero attached hydrogens (tertiary/aromatic N) is 1. The molecule has 0 spiro atoms. The van der Waals surface area contributed by atoms with Gasteiger partial charge in [0, 0.05) is 27.4 Å². The molecular weight excluding hydrogens is 680 g/mol. The highest BCUT2D eigenvalue weighted by Gasteiger charge is 2.59. The minimum atomic E-state index is -1.04. The lowest BCUT2D eigenvalue weighted by Gasteiger charge is -2.37. The lowest BCUT2D eigenvalue weighted by molar-refractivity contribution is -0.123. The van der Waals surface area contributed by atoms with Crippen molar-refractivity contribution in [3.8, 4) is 6.07 Å². The zero-order chi connectivity index (χ0) is 26.5. The van der Waals surface area contributed by atoms with Gasteiger partial charge in [-0.25, -0.2) is 0 Å². The van der Waals surface area contributed by atoms with E-state index in [1.807, 2.05) is 24.3 Å². The summed E-state index contributed by atoms with van der Waals surface area (Å²) in [5.74, 6) is -0.734. The van der Waals surface area contributed by atoms with E-state index in [4.69, 9.17) is 0 Å². The fraction of sp³-hybridized carbons (Fsp3) is 0.500. The first-order chi connectivity index (χ1) is 17.1. The van der Waals surface area contributed by atoms with Gasteiger partial charge in [-0.15, -0.1) is 0 Å². The lowest BCUT2D eigenvalue weighted by Crippen LogP contribution is -2.47. The summed E-state index contributed by atoms with van der Waals surface area (Å²) < 4.78 is 1.70. The number of aliphatic hydroxyl groups excluding tert-OH is 2. The number of benzene rings is 2. The van der Waals surface area contributed by atoms with Crippen LogP contribution in [-0.4, -0.2) is 47.5 Å². The average Bonchev–Trinajstić information content (AvgIpc) is 3.20. The van der Waals surface area contributed by atoms with Crippen molar-refractivity contribution in [1.82, 2.24) is 10.6 Å². The highest BCUT2D eigenvalue weighted by molar-refractivity contribution is 14.1. The Morgan fingerprint density at radius 1 is 1.17 bits per heavy atom. The van der Waals surface area contributed by atoms with Gasteiger partial charge < -0.3 is 20.8 Å². The van der Waals surface area contributed by atoms with Crippen molar-refractivity contribution in [3.05, 3.63) is 70.8 Å². The van der Waals surface area contributed by atoms with Gasteiger partial charge in [-0.3, -0.25) is 4.79 Å². The number of aliphatic hydroxyl groups is 2. The molecule has 1 fully saturated rings. The molecule has 194 valence electrons. The van der Waals surface area contributed by atoms with Crippen molar-refractivity contribution in [3.63, 3.8) is 0 Å². The topological polar surface area (TPSA) is 105 Å². The molecule has 4 N–H and O–H groups in total. The first-order valence-corrected chi connectivity index (χ1v) is 15.2. The SMILES string of the molecule is CC(C)(C)C[C@H]1N[C@H](C(=O)NC[C@H](O)CO)[C@@H](c2cccc(CI)c2)[C@]1(C#N)c1ccc(CI)cc1. The number of rotatable bonds is 9. The Hall–Kier alpha value is -1.26. The molecule has 0 bridgehead atoms. The third kappa shape index (κ3) is 6.41. The van der Waals surface area contributed by atoms with Gasteiger partial charge in [-0.1, -0.05) is 114 Å². The molecule has 8 heteroatoms. The molecule has 1 aliphatic rings. The van der Waals surface area contributed by atoms with E-state index < -0.39 is 30.1 Å². The van der Waals surface area contributed by atoms with E-state index in [0.717, 1.165) is 25.5 Å². The van der Waals surface area contributed by atoms with Crippen molar-refractivity contribution < 1.29 is 15.0 Å². The van der Waals surface area contributed by atoms with Crippen LogP contribution in [0.4, 0.5) is 0 Å². The molecule has 5 atom stereocenters. The van der Waals surface area contributed by atoms with Crippen molar-refractivity contribution in [2.45, 2.75) is 65.6 Å². The predicted molar refractivity (Wildman–Crippen MR) is 159 cm³/mol. The van der Waals surface area contributed by atoms with Crippen molar-refractivity contribution in [1.29, 1.82) is 5.26 Å². The van der Waals surface area contributed by atoms with E-state index in [0.29, 0.717) is 6.42 Å². The van der Waals surface area contributed by atoms with Crippen LogP contribution in [0.15, 0.2) is 48.5 Å². The number of carbonyl (C=O) groups excluding carboxylic acids is 1. The summed E-state index contributed by atoms with van der Waals surface area (Å²) in [4.78, 5) is 13.6. The van der Waals surface area contributed by atoms with Crippen LogP contribution in [0.3, 0.4) is 0 Å². The Bertz CT molecular complexity index is 1080. The Kier molecular flexibility index (Phi) is 10.2. The molecule has 1 saturated heterocycles. The minimum Gasteiger partial charge on any atom is -0.394 e. The zero-order valence-corrected chi connectivity index (χ0v) is 25.3. The standard InChI is InChI=1S/C28H35I2N3O3/c1-27(2,3)12-23-28(17-31,21-9-7-18(13-29)8-10-21)24(20-6-4-5-19(11-20)14-30)25(33-23)26(36)32-15-22(35)16-34/h4-11,22-25,33-35H,12-16H2,1-3H3,(H,32,36)/t22-,23+,24+,25-,28+/m0/s1. The molecule has 1 amide bonds. The van der Waals surface area contributed by atoms with Crippen LogP contribution in [-0.2, 0) is 19.1 Å². The van der Waals surface area contributed by atoms with Crippen LogP contribution in [0.25, 0.3) is 0 Å². The Balaban J connectivity index is 2.21. The van der Waals surface area contributed by atoms with Gasteiger partial charge in [-0.05, 0) is 34.1 Å². The summed E-state index contributed by atoms with van der Waals surface area (Å²) in [5, 5.41) is 36.4. The number of hydrogen-bond acceptors (Lipinski definition) is 5. The third-order valence-corrected chi connectivity index (χ3v) is 8.57. The average molecular weight is 715 g/mol. The molecule has 0 saturated carbocycles. The van der Waals surface area contributed by atoms with Gasteiger partial charge in [0.1, 0.15) is 5.41 Å². The number of hydrogen-bond donors (Lipinski definition) is 4. The van der Waals surface area contributed by atoms with Gasteiger partial charge >= 0.3 is 0 Å². The molecule has 0 radical (unpaired) electrons. The fourth-order valence-corrected chi connectivity index (χ4v) is 6.15. The number of carbonyl (C=O) groups is 1. The fourth-order valence-electron chi connectivity index (χ4n) is 5.16. The molecule has 3 rings (SSSR count). The molecule has 0 unspecified atom stereocenters. The molecule has 0 aromatic heterocycles. The second kappa shape index (κ2) is 12.5. The summed E-state index contributed by atoms with van der Waals surface area (Å²) in [7, 11) is 0. The smallest absolute Gasteiger partial charge is 0.237 e. The minimum absolute atomic E-state index is 0.0537. The molecule has 1 heterocycles. The molecule has 6 nitrogen and oxygen atoms in total. The largest absolute Gasteiger partial charge is 0.394 e. The predicted octanol–water partition coefficient (Wildman–Crippen LogP) is 4.35. The number of halogens is 2. The van der Waals surface area contributed by atoms with Crippen LogP contribution in [0, 0.1) is 16.7 Å². The Morgan fingerprint density at radius 3 is 2.39 bits per heavy atom. The van der Waals surface area contributed by atoms with Crippen molar-refractivity contribution in [2.24, 2.45) is 5.41 Å². The van der Waals surface area contributed by atoms with E-state index in [-0.39, 0.29) is 23.9 Å². The van der Waals surface area contributed by atoms with Gasteiger partial charge in [0.25, 0.3) is 0 Å². The van der Waals surface area contributed by atoms with Gasteiger partial charge in [0.05, 0.1) is 24.8 Å². The quantitative estimate of drug-likeness (QED) is 0.229. The molecule has 2 aromatic rings. The van der Waals surface area contributed by atoms with Crippen LogP contribution < -0.4 is 10.6 Å². The number of alkyl halides is 2. The lowest BCUT2D eigenvalue weighted by atomic mass is 9.63. The van der Waals surface area contributed by atoms with E-state index in [1.54, 1.807) is 0 Å². The summed E-state index contributed by atoms with van der Waals surface area (Å²) >= 11 is 4.65. The highest BCUT2D eigenvalue weighted by Crippen LogP contribution is 2.51. The molecule has 1 aliphatic heterocycles. The number of amides is 1. The van der Waals surface area contributed by atoms with Gasteiger partial charge in [0.15, 0.2) is 0 Å². The molecule has 36 heavy (non-hydrogen) atoms. The number of nitrogens with one attached hydrogen (secondary N) is 2. The first-order valence-electron chi connectivity index (χ1n) is 12.1. The normalized spacial score (nSPS) is 24.8. The van der Waals surface area contributed by atoms with Gasteiger partial charge in [-0.2, -0.15) is 5.26 Å². The van der Waals surface area contributed by atoms with Crippen LogP contribution in [0.2, 0.25) is 0 Å². The highest BCUT2D eigenvalue weighted by atomic mass is 127. The van der Waals surface area contributed by atoms with Crippen molar-refractivity contribution >= 4 is 51.1 Å². The van der Waals surface area contributed by atoms with Crippen molar-refractivity contribution in [2.75, 3.05) is 13.2 Å². The number of nitriles is 1. The zero-order valence-electron chi connectivity index (χ0n) is 21.0. The third-order valence-electron chi connectivity index (χ3n) is 6.81. The Labute approximate surface area is 241 Å². The van der Waals surface area contributed by atoms with Crippen LogP contribution in [0.5, 0.6) is 0 Å². The molecule has 2 aromatic carbocycles. The Morgan fingerprint density at radius 2 is 1.83 bits per heavy atom.